The van der Waals surface area contributed by atoms with Gasteiger partial charge in [-0.25, -0.2) is 19.3 Å². The van der Waals surface area contributed by atoms with Crippen LogP contribution >= 0.6 is 11.6 Å². The molecule has 3 aromatic heterocycles. The lowest BCUT2D eigenvalue weighted by Gasteiger charge is -2.27. The SMILES string of the molecule is COc1ccc(Cl)cc1-c1nc2c3c(ncn2n1)Oc1c(c(=O)oc2ccccc12)C3c1ccc(C(C)C)cc1. The van der Waals surface area contributed by atoms with E-state index in [0.717, 1.165) is 5.56 Å². The average molecular weight is 551 g/mol. The first-order valence-corrected chi connectivity index (χ1v) is 13.2. The number of ether oxygens (including phenoxy) is 2. The van der Waals surface area contributed by atoms with E-state index in [0.29, 0.717) is 67.5 Å². The van der Waals surface area contributed by atoms with Crippen LogP contribution in [0.5, 0.6) is 17.4 Å². The van der Waals surface area contributed by atoms with E-state index in [9.17, 15) is 4.79 Å². The molecular formula is C31H23ClN4O4. The summed E-state index contributed by atoms with van der Waals surface area (Å²) in [7, 11) is 1.58. The molecule has 0 N–H and O–H groups in total. The molecule has 0 amide bonds. The van der Waals surface area contributed by atoms with Gasteiger partial charge in [-0.05, 0) is 47.4 Å². The molecule has 0 saturated heterocycles. The van der Waals surface area contributed by atoms with E-state index in [2.05, 4.69) is 36.1 Å². The summed E-state index contributed by atoms with van der Waals surface area (Å²) in [5.74, 6) is 1.57. The number of fused-ring (bicyclic) bond motifs is 6. The van der Waals surface area contributed by atoms with Crippen LogP contribution in [0.2, 0.25) is 5.02 Å². The van der Waals surface area contributed by atoms with Gasteiger partial charge in [-0.3, -0.25) is 0 Å². The lowest BCUT2D eigenvalue weighted by molar-refractivity contribution is 0.416. The van der Waals surface area contributed by atoms with Gasteiger partial charge in [0.1, 0.15) is 17.7 Å². The monoisotopic (exact) mass is 550 g/mol. The van der Waals surface area contributed by atoms with Crippen molar-refractivity contribution in [3.05, 3.63) is 111 Å². The maximum atomic E-state index is 13.6. The van der Waals surface area contributed by atoms with Crippen LogP contribution < -0.4 is 15.1 Å². The van der Waals surface area contributed by atoms with Gasteiger partial charge in [0.25, 0.3) is 0 Å². The van der Waals surface area contributed by atoms with Crippen molar-refractivity contribution in [1.82, 2.24) is 19.6 Å². The largest absolute Gasteiger partial charge is 0.496 e. The topological polar surface area (TPSA) is 91.8 Å². The molecule has 40 heavy (non-hydrogen) atoms. The van der Waals surface area contributed by atoms with Crippen LogP contribution in [0, 0.1) is 0 Å². The van der Waals surface area contributed by atoms with Crippen LogP contribution in [-0.2, 0) is 0 Å². The zero-order valence-corrected chi connectivity index (χ0v) is 22.6. The molecule has 0 spiro atoms. The molecule has 198 valence electrons. The first kappa shape index (κ1) is 24.4. The Hall–Kier alpha value is -4.69. The highest BCUT2D eigenvalue weighted by Crippen LogP contribution is 2.49. The lowest BCUT2D eigenvalue weighted by atomic mass is 9.83. The Morgan fingerprint density at radius 1 is 1.02 bits per heavy atom. The summed E-state index contributed by atoms with van der Waals surface area (Å²) in [6.07, 6.45) is 1.55. The van der Waals surface area contributed by atoms with Crippen molar-refractivity contribution in [2.45, 2.75) is 25.7 Å². The molecule has 1 aliphatic heterocycles. The molecule has 8 nitrogen and oxygen atoms in total. The van der Waals surface area contributed by atoms with Gasteiger partial charge in [0, 0.05) is 5.02 Å². The fourth-order valence-corrected chi connectivity index (χ4v) is 5.48. The molecule has 0 radical (unpaired) electrons. The number of benzene rings is 3. The van der Waals surface area contributed by atoms with Crippen LogP contribution in [0.3, 0.4) is 0 Å². The molecule has 7 rings (SSSR count). The van der Waals surface area contributed by atoms with Crippen LogP contribution in [-0.4, -0.2) is 26.7 Å². The number of hydrogen-bond acceptors (Lipinski definition) is 7. The summed E-state index contributed by atoms with van der Waals surface area (Å²) in [6, 6.07) is 20.8. The zero-order chi connectivity index (χ0) is 27.5. The van der Waals surface area contributed by atoms with Gasteiger partial charge >= 0.3 is 5.63 Å². The molecule has 0 saturated carbocycles. The van der Waals surface area contributed by atoms with E-state index in [1.54, 1.807) is 42.2 Å². The number of halogens is 1. The zero-order valence-electron chi connectivity index (χ0n) is 21.9. The van der Waals surface area contributed by atoms with Crippen molar-refractivity contribution in [2.75, 3.05) is 7.11 Å². The summed E-state index contributed by atoms with van der Waals surface area (Å²) >= 11 is 6.30. The summed E-state index contributed by atoms with van der Waals surface area (Å²) < 4.78 is 19.3. The minimum atomic E-state index is -0.560. The molecule has 0 bridgehead atoms. The number of nitrogens with zero attached hydrogens (tertiary/aromatic N) is 4. The van der Waals surface area contributed by atoms with E-state index in [1.165, 1.54) is 5.56 Å². The third-order valence-electron chi connectivity index (χ3n) is 7.30. The van der Waals surface area contributed by atoms with Gasteiger partial charge in [-0.2, -0.15) is 0 Å². The van der Waals surface area contributed by atoms with Gasteiger partial charge in [-0.15, -0.1) is 5.10 Å². The summed E-state index contributed by atoms with van der Waals surface area (Å²) in [4.78, 5) is 23.1. The van der Waals surface area contributed by atoms with Crippen molar-refractivity contribution in [3.63, 3.8) is 0 Å². The first-order chi connectivity index (χ1) is 19.4. The van der Waals surface area contributed by atoms with Gasteiger partial charge in [0.15, 0.2) is 17.2 Å². The fraction of sp³-hybridized carbons (Fsp3) is 0.161. The van der Waals surface area contributed by atoms with Crippen molar-refractivity contribution < 1.29 is 13.9 Å². The smallest absolute Gasteiger partial charge is 0.344 e. The second kappa shape index (κ2) is 9.20. The van der Waals surface area contributed by atoms with Gasteiger partial charge in [0.05, 0.1) is 35.1 Å². The summed E-state index contributed by atoms with van der Waals surface area (Å²) in [5, 5.41) is 5.90. The van der Waals surface area contributed by atoms with Gasteiger partial charge in [0.2, 0.25) is 5.88 Å². The lowest BCUT2D eigenvalue weighted by Crippen LogP contribution is -2.22. The predicted molar refractivity (Wildman–Crippen MR) is 152 cm³/mol. The second-order valence-corrected chi connectivity index (χ2v) is 10.4. The van der Waals surface area contributed by atoms with Crippen molar-refractivity contribution in [3.8, 4) is 28.8 Å². The van der Waals surface area contributed by atoms with Crippen LogP contribution in [0.1, 0.15) is 47.9 Å². The van der Waals surface area contributed by atoms with E-state index in [-0.39, 0.29) is 0 Å². The summed E-state index contributed by atoms with van der Waals surface area (Å²) in [6.45, 7) is 4.29. The Morgan fingerprint density at radius 2 is 1.82 bits per heavy atom. The van der Waals surface area contributed by atoms with Gasteiger partial charge < -0.3 is 13.9 Å². The van der Waals surface area contributed by atoms with E-state index in [4.69, 9.17) is 30.5 Å². The maximum Gasteiger partial charge on any atom is 0.344 e. The minimum absolute atomic E-state index is 0.352. The van der Waals surface area contributed by atoms with E-state index >= 15 is 0 Å². The second-order valence-electron chi connectivity index (χ2n) is 10.00. The van der Waals surface area contributed by atoms with Crippen molar-refractivity contribution >= 4 is 28.2 Å². The molecule has 6 aromatic rings. The Labute approximate surface area is 233 Å². The number of rotatable bonds is 4. The quantitative estimate of drug-likeness (QED) is 0.218. The Morgan fingerprint density at radius 3 is 2.60 bits per heavy atom. The number of hydrogen-bond donors (Lipinski definition) is 0. The number of para-hydroxylation sites is 1. The Bertz CT molecular complexity index is 2000. The number of methoxy groups -OCH3 is 1. The van der Waals surface area contributed by atoms with Crippen LogP contribution in [0.25, 0.3) is 28.0 Å². The fourth-order valence-electron chi connectivity index (χ4n) is 5.31. The first-order valence-electron chi connectivity index (χ1n) is 12.9. The highest BCUT2D eigenvalue weighted by atomic mass is 35.5. The molecule has 1 aliphatic rings. The molecule has 9 heteroatoms. The highest BCUT2D eigenvalue weighted by molar-refractivity contribution is 6.30. The van der Waals surface area contributed by atoms with Crippen LogP contribution in [0.4, 0.5) is 0 Å². The van der Waals surface area contributed by atoms with Crippen molar-refractivity contribution in [2.24, 2.45) is 0 Å². The Kier molecular flexibility index (Phi) is 5.61. The average Bonchev–Trinajstić information content (AvgIpc) is 3.41. The van der Waals surface area contributed by atoms with Crippen LogP contribution in [0.15, 0.2) is 82.3 Å². The van der Waals surface area contributed by atoms with E-state index < -0.39 is 11.5 Å². The maximum absolute atomic E-state index is 13.6. The molecular weight excluding hydrogens is 528 g/mol. The summed E-state index contributed by atoms with van der Waals surface area (Å²) in [5.41, 5.74) is 4.19. The highest BCUT2D eigenvalue weighted by Gasteiger charge is 2.37. The predicted octanol–water partition coefficient (Wildman–Crippen LogP) is 6.97. The third-order valence-corrected chi connectivity index (χ3v) is 7.54. The molecule has 0 fully saturated rings. The standard InChI is InChI=1S/C31H23ClN4O4/c1-16(2)17-8-10-18(11-9-17)24-25-27(20-6-4-5-7-23(20)39-31(25)37)40-30-26(24)29-34-28(35-36(29)15-33-30)21-14-19(32)12-13-22(21)38-3/h4-16,24H,1-3H3. The normalized spacial score (nSPS) is 14.3. The minimum Gasteiger partial charge on any atom is -0.496 e. The molecule has 4 heterocycles. The molecule has 3 aromatic carbocycles. The van der Waals surface area contributed by atoms with E-state index in [1.807, 2.05) is 30.3 Å². The number of aromatic nitrogens is 4. The van der Waals surface area contributed by atoms with Gasteiger partial charge in [-0.1, -0.05) is 61.8 Å². The Balaban J connectivity index is 1.52. The van der Waals surface area contributed by atoms with Crippen molar-refractivity contribution in [1.29, 1.82) is 0 Å². The molecule has 0 aliphatic carbocycles. The third kappa shape index (κ3) is 3.75. The molecule has 1 unspecified atom stereocenters. The molecule has 1 atom stereocenters.